The molecule has 0 amide bonds. The number of nitrogens with zero attached hydrogens (tertiary/aromatic N) is 1. The van der Waals surface area contributed by atoms with Gasteiger partial charge in [-0.2, -0.15) is 0 Å². The molecule has 1 rings (SSSR count). The first kappa shape index (κ1) is 14.1. The highest BCUT2D eigenvalue weighted by Crippen LogP contribution is 2.25. The smallest absolute Gasteiger partial charge is 0.186 e. The average molecular weight is 295 g/mol. The minimum atomic E-state index is 0. The van der Waals surface area contributed by atoms with E-state index >= 15 is 0 Å². The van der Waals surface area contributed by atoms with Gasteiger partial charge in [0.1, 0.15) is 5.75 Å². The molecule has 1 aromatic carbocycles. The number of rotatable bonds is 3. The number of hydrogen-bond donors (Lipinski definition) is 2. The molecule has 84 valence electrons. The highest BCUT2D eigenvalue weighted by atomic mass is 79.9. The van der Waals surface area contributed by atoms with Gasteiger partial charge in [-0.1, -0.05) is 6.07 Å². The summed E-state index contributed by atoms with van der Waals surface area (Å²) in [6.45, 7) is 0.477. The van der Waals surface area contributed by atoms with Gasteiger partial charge in [-0.05, 0) is 33.6 Å². The topological polar surface area (TPSA) is 73.6 Å². The zero-order valence-electron chi connectivity index (χ0n) is 8.24. The van der Waals surface area contributed by atoms with Gasteiger partial charge >= 0.3 is 0 Å². The summed E-state index contributed by atoms with van der Waals surface area (Å²) < 4.78 is 5.99. The van der Waals surface area contributed by atoms with Crippen LogP contribution in [0.4, 0.5) is 0 Å². The molecule has 4 N–H and O–H groups in total. The lowest BCUT2D eigenvalue weighted by atomic mass is 10.2. The summed E-state index contributed by atoms with van der Waals surface area (Å²) in [5.41, 5.74) is 11.5. The predicted octanol–water partition coefficient (Wildman–Crippen LogP) is 1.65. The van der Waals surface area contributed by atoms with Crippen molar-refractivity contribution >= 4 is 34.3 Å². The molecule has 0 aliphatic rings. The molecule has 15 heavy (non-hydrogen) atoms. The molecule has 0 fully saturated rings. The van der Waals surface area contributed by atoms with Crippen molar-refractivity contribution in [2.75, 3.05) is 7.11 Å². The molecular formula is C9H13BrClN3O. The van der Waals surface area contributed by atoms with Crippen LogP contribution in [0, 0.1) is 0 Å². The predicted molar refractivity (Wildman–Crippen MR) is 67.5 cm³/mol. The van der Waals surface area contributed by atoms with Crippen LogP contribution in [0.3, 0.4) is 0 Å². The summed E-state index contributed by atoms with van der Waals surface area (Å²) in [6.07, 6.45) is 0. The number of ether oxygens (including phenoxy) is 1. The number of guanidine groups is 1. The van der Waals surface area contributed by atoms with Gasteiger partial charge in [-0.25, -0.2) is 4.99 Å². The van der Waals surface area contributed by atoms with Crippen molar-refractivity contribution in [2.45, 2.75) is 6.54 Å². The van der Waals surface area contributed by atoms with Crippen molar-refractivity contribution in [3.8, 4) is 5.75 Å². The molecule has 0 radical (unpaired) electrons. The van der Waals surface area contributed by atoms with E-state index in [0.29, 0.717) is 6.54 Å². The molecule has 6 heteroatoms. The zero-order valence-corrected chi connectivity index (χ0v) is 10.6. The van der Waals surface area contributed by atoms with Crippen LogP contribution in [0.5, 0.6) is 5.75 Å². The quantitative estimate of drug-likeness (QED) is 0.657. The van der Waals surface area contributed by atoms with Crippen molar-refractivity contribution in [2.24, 2.45) is 16.5 Å². The minimum Gasteiger partial charge on any atom is -0.496 e. The third-order valence-corrected chi connectivity index (χ3v) is 2.28. The molecule has 0 aromatic heterocycles. The lowest BCUT2D eigenvalue weighted by molar-refractivity contribution is 0.412. The summed E-state index contributed by atoms with van der Waals surface area (Å²) in [4.78, 5) is 3.90. The highest BCUT2D eigenvalue weighted by molar-refractivity contribution is 9.10. The average Bonchev–Trinajstić information content (AvgIpc) is 2.15. The second-order valence-electron chi connectivity index (χ2n) is 2.71. The molecule has 0 aliphatic carbocycles. The van der Waals surface area contributed by atoms with E-state index in [2.05, 4.69) is 20.9 Å². The van der Waals surface area contributed by atoms with Gasteiger partial charge in [0.05, 0.1) is 18.1 Å². The Bertz CT molecular complexity index is 353. The fraction of sp³-hybridized carbons (Fsp3) is 0.222. The number of benzene rings is 1. The molecule has 0 saturated carbocycles. The molecule has 0 bridgehead atoms. The van der Waals surface area contributed by atoms with Gasteiger partial charge in [-0.3, -0.25) is 0 Å². The highest BCUT2D eigenvalue weighted by Gasteiger charge is 2.00. The first-order valence-electron chi connectivity index (χ1n) is 4.01. The summed E-state index contributed by atoms with van der Waals surface area (Å²) in [5, 5.41) is 0. The second kappa shape index (κ2) is 6.53. The van der Waals surface area contributed by atoms with E-state index in [9.17, 15) is 0 Å². The van der Waals surface area contributed by atoms with Crippen LogP contribution in [0.2, 0.25) is 0 Å². The molecule has 0 saturated heterocycles. The molecular weight excluding hydrogens is 281 g/mol. The normalized spacial score (nSPS) is 8.93. The van der Waals surface area contributed by atoms with Crippen molar-refractivity contribution in [3.05, 3.63) is 28.2 Å². The third-order valence-electron chi connectivity index (χ3n) is 1.66. The maximum Gasteiger partial charge on any atom is 0.186 e. The SMILES string of the molecule is COc1ccc(CN=C(N)N)cc1Br.Cl. The van der Waals surface area contributed by atoms with Crippen LogP contribution >= 0.6 is 28.3 Å². The maximum atomic E-state index is 5.23. The Hall–Kier alpha value is -0.940. The van der Waals surface area contributed by atoms with Crippen molar-refractivity contribution < 1.29 is 4.74 Å². The van der Waals surface area contributed by atoms with E-state index in [4.69, 9.17) is 16.2 Å². The molecule has 0 heterocycles. The molecule has 0 unspecified atom stereocenters. The Morgan fingerprint density at radius 2 is 2.13 bits per heavy atom. The Labute approximate surface area is 103 Å². The Morgan fingerprint density at radius 1 is 1.47 bits per heavy atom. The van der Waals surface area contributed by atoms with Crippen molar-refractivity contribution in [3.63, 3.8) is 0 Å². The first-order chi connectivity index (χ1) is 6.63. The summed E-state index contributed by atoms with van der Waals surface area (Å²) >= 11 is 3.38. The minimum absolute atomic E-state index is 0. The van der Waals surface area contributed by atoms with Crippen LogP contribution in [0.1, 0.15) is 5.56 Å². The summed E-state index contributed by atoms with van der Waals surface area (Å²) in [6, 6.07) is 5.70. The van der Waals surface area contributed by atoms with Gasteiger partial charge in [0.2, 0.25) is 0 Å². The molecule has 0 aliphatic heterocycles. The van der Waals surface area contributed by atoms with E-state index in [-0.39, 0.29) is 18.4 Å². The molecule has 4 nitrogen and oxygen atoms in total. The largest absolute Gasteiger partial charge is 0.496 e. The van der Waals surface area contributed by atoms with E-state index in [0.717, 1.165) is 15.8 Å². The zero-order chi connectivity index (χ0) is 10.6. The van der Waals surface area contributed by atoms with Crippen LogP contribution in [-0.4, -0.2) is 13.1 Å². The molecule has 0 spiro atoms. The number of nitrogens with two attached hydrogens (primary N) is 2. The second-order valence-corrected chi connectivity index (χ2v) is 3.56. The number of methoxy groups -OCH3 is 1. The number of hydrogen-bond acceptors (Lipinski definition) is 2. The monoisotopic (exact) mass is 293 g/mol. The van der Waals surface area contributed by atoms with Gasteiger partial charge in [0.25, 0.3) is 0 Å². The van der Waals surface area contributed by atoms with E-state index in [1.165, 1.54) is 0 Å². The van der Waals surface area contributed by atoms with Crippen molar-refractivity contribution in [1.29, 1.82) is 0 Å². The fourth-order valence-corrected chi connectivity index (χ4v) is 1.58. The van der Waals surface area contributed by atoms with Crippen LogP contribution in [-0.2, 0) is 6.54 Å². The summed E-state index contributed by atoms with van der Waals surface area (Å²) in [5.74, 6) is 0.885. The lowest BCUT2D eigenvalue weighted by Crippen LogP contribution is -2.22. The van der Waals surface area contributed by atoms with E-state index < -0.39 is 0 Å². The van der Waals surface area contributed by atoms with E-state index in [1.54, 1.807) is 7.11 Å². The van der Waals surface area contributed by atoms with Crippen LogP contribution < -0.4 is 16.2 Å². The Morgan fingerprint density at radius 3 is 2.60 bits per heavy atom. The first-order valence-corrected chi connectivity index (χ1v) is 4.80. The Kier molecular flexibility index (Phi) is 6.12. The van der Waals surface area contributed by atoms with Gasteiger partial charge < -0.3 is 16.2 Å². The third kappa shape index (κ3) is 4.40. The van der Waals surface area contributed by atoms with Gasteiger partial charge in [0.15, 0.2) is 5.96 Å². The van der Waals surface area contributed by atoms with E-state index in [1.807, 2.05) is 18.2 Å². The van der Waals surface area contributed by atoms with Crippen LogP contribution in [0.15, 0.2) is 27.7 Å². The van der Waals surface area contributed by atoms with Crippen LogP contribution in [0.25, 0.3) is 0 Å². The number of aliphatic imine (C=N–C) groups is 1. The molecule has 1 aromatic rings. The standard InChI is InChI=1S/C9H12BrN3O.ClH/c1-14-8-3-2-6(4-7(8)10)5-13-9(11)12;/h2-4H,5H2,1H3,(H4,11,12,13);1H. The number of halogens is 2. The van der Waals surface area contributed by atoms with Crippen molar-refractivity contribution in [1.82, 2.24) is 0 Å². The fourth-order valence-electron chi connectivity index (χ4n) is 0.991. The summed E-state index contributed by atoms with van der Waals surface area (Å²) in [7, 11) is 1.62. The Balaban J connectivity index is 0.00000196. The molecule has 0 atom stereocenters. The maximum absolute atomic E-state index is 5.23. The van der Waals surface area contributed by atoms with Gasteiger partial charge in [-0.15, -0.1) is 12.4 Å². The van der Waals surface area contributed by atoms with Gasteiger partial charge in [0, 0.05) is 0 Å². The lowest BCUT2D eigenvalue weighted by Gasteiger charge is -2.04.